The fourth-order valence-corrected chi connectivity index (χ4v) is 2.22. The Morgan fingerprint density at radius 3 is 2.72 bits per heavy atom. The summed E-state index contributed by atoms with van der Waals surface area (Å²) in [5.41, 5.74) is 0.705. The zero-order valence-electron chi connectivity index (χ0n) is 10.3. The van der Waals surface area contributed by atoms with E-state index < -0.39 is 0 Å². The van der Waals surface area contributed by atoms with Crippen molar-refractivity contribution in [2.75, 3.05) is 20.3 Å². The Morgan fingerprint density at radius 1 is 1.39 bits per heavy atom. The molecule has 1 aliphatic heterocycles. The van der Waals surface area contributed by atoms with Crippen molar-refractivity contribution in [3.63, 3.8) is 0 Å². The van der Waals surface area contributed by atoms with Gasteiger partial charge in [0.15, 0.2) is 11.5 Å². The number of halogens is 1. The summed E-state index contributed by atoms with van der Waals surface area (Å²) in [5, 5.41) is 9.59. The average Bonchev–Trinajstić information content (AvgIpc) is 2.42. The van der Waals surface area contributed by atoms with E-state index in [0.717, 1.165) is 12.8 Å². The Kier molecular flexibility index (Phi) is 4.69. The van der Waals surface area contributed by atoms with Crippen LogP contribution in [0.2, 0.25) is 5.02 Å². The van der Waals surface area contributed by atoms with Crippen LogP contribution in [0.3, 0.4) is 0 Å². The Bertz CT molecular complexity index is 402. The van der Waals surface area contributed by atoms with Gasteiger partial charge in [-0.1, -0.05) is 11.6 Å². The van der Waals surface area contributed by atoms with Crippen molar-refractivity contribution >= 4 is 11.6 Å². The molecule has 0 bridgehead atoms. The molecular weight excluding hydrogens is 256 g/mol. The maximum absolute atomic E-state index is 9.12. The van der Waals surface area contributed by atoms with E-state index in [1.165, 1.54) is 0 Å². The van der Waals surface area contributed by atoms with E-state index in [9.17, 15) is 0 Å². The fourth-order valence-electron chi connectivity index (χ4n) is 1.94. The van der Waals surface area contributed by atoms with Crippen LogP contribution in [-0.2, 0) is 11.3 Å². The molecule has 2 rings (SSSR count). The van der Waals surface area contributed by atoms with E-state index in [4.69, 9.17) is 30.9 Å². The van der Waals surface area contributed by atoms with Crippen LogP contribution in [0.4, 0.5) is 0 Å². The first-order chi connectivity index (χ1) is 8.74. The van der Waals surface area contributed by atoms with Crippen molar-refractivity contribution < 1.29 is 19.3 Å². The van der Waals surface area contributed by atoms with Crippen molar-refractivity contribution in [1.29, 1.82) is 0 Å². The van der Waals surface area contributed by atoms with Crippen LogP contribution >= 0.6 is 11.6 Å². The first kappa shape index (κ1) is 13.5. The molecule has 1 heterocycles. The zero-order valence-corrected chi connectivity index (χ0v) is 11.1. The smallest absolute Gasteiger partial charge is 0.180 e. The van der Waals surface area contributed by atoms with Gasteiger partial charge in [0.25, 0.3) is 0 Å². The van der Waals surface area contributed by atoms with Crippen molar-refractivity contribution in [1.82, 2.24) is 0 Å². The maximum Gasteiger partial charge on any atom is 0.180 e. The second-order valence-electron chi connectivity index (χ2n) is 4.20. The third-order valence-electron chi connectivity index (χ3n) is 2.92. The molecule has 0 unspecified atom stereocenters. The lowest BCUT2D eigenvalue weighted by molar-refractivity contribution is 0.0246. The average molecular weight is 273 g/mol. The van der Waals surface area contributed by atoms with E-state index >= 15 is 0 Å². The lowest BCUT2D eigenvalue weighted by Gasteiger charge is -2.25. The van der Waals surface area contributed by atoms with Gasteiger partial charge in [-0.3, -0.25) is 0 Å². The number of hydrogen-bond acceptors (Lipinski definition) is 4. The van der Waals surface area contributed by atoms with Crippen molar-refractivity contribution in [3.8, 4) is 11.5 Å². The van der Waals surface area contributed by atoms with Crippen LogP contribution in [0.25, 0.3) is 0 Å². The lowest BCUT2D eigenvalue weighted by Crippen LogP contribution is -2.26. The van der Waals surface area contributed by atoms with Crippen LogP contribution in [0.1, 0.15) is 18.4 Å². The summed E-state index contributed by atoms with van der Waals surface area (Å²) in [6.45, 7) is 1.34. The molecule has 1 aromatic carbocycles. The molecule has 0 aliphatic carbocycles. The summed E-state index contributed by atoms with van der Waals surface area (Å²) < 4.78 is 16.4. The predicted molar refractivity (Wildman–Crippen MR) is 68.4 cm³/mol. The normalized spacial score (nSPS) is 16.6. The molecule has 0 amide bonds. The largest absolute Gasteiger partial charge is 0.493 e. The van der Waals surface area contributed by atoms with Gasteiger partial charge in [0.1, 0.15) is 6.10 Å². The molecule has 1 N–H and O–H groups in total. The van der Waals surface area contributed by atoms with E-state index in [-0.39, 0.29) is 12.7 Å². The summed E-state index contributed by atoms with van der Waals surface area (Å²) in [7, 11) is 1.56. The number of ether oxygens (including phenoxy) is 3. The predicted octanol–water partition coefficient (Wildman–Crippen LogP) is 2.40. The van der Waals surface area contributed by atoms with Gasteiger partial charge >= 0.3 is 0 Å². The molecule has 1 saturated heterocycles. The van der Waals surface area contributed by atoms with Crippen LogP contribution in [-0.4, -0.2) is 31.5 Å². The Labute approximate surface area is 111 Å². The van der Waals surface area contributed by atoms with E-state index in [0.29, 0.717) is 35.3 Å². The quantitative estimate of drug-likeness (QED) is 0.914. The lowest BCUT2D eigenvalue weighted by atomic mass is 10.1. The standard InChI is InChI=1S/C13H17ClO4/c1-16-12-7-9(8-15)6-11(14)13(12)18-10-2-4-17-5-3-10/h6-7,10,15H,2-5,8H2,1H3. The van der Waals surface area contributed by atoms with Gasteiger partial charge in [0, 0.05) is 12.8 Å². The summed E-state index contributed by atoms with van der Waals surface area (Å²) in [5.74, 6) is 1.10. The minimum Gasteiger partial charge on any atom is -0.493 e. The van der Waals surface area contributed by atoms with Gasteiger partial charge in [-0.2, -0.15) is 0 Å². The first-order valence-corrected chi connectivity index (χ1v) is 6.34. The van der Waals surface area contributed by atoms with Crippen LogP contribution in [0.5, 0.6) is 11.5 Å². The maximum atomic E-state index is 9.12. The topological polar surface area (TPSA) is 47.9 Å². The highest BCUT2D eigenvalue weighted by Gasteiger charge is 2.19. The summed E-state index contributed by atoms with van der Waals surface area (Å²) >= 11 is 6.16. The minimum absolute atomic E-state index is 0.0758. The molecule has 5 heteroatoms. The molecule has 1 fully saturated rings. The number of methoxy groups -OCH3 is 1. The molecule has 0 aromatic heterocycles. The van der Waals surface area contributed by atoms with Gasteiger partial charge < -0.3 is 19.3 Å². The van der Waals surface area contributed by atoms with Crippen LogP contribution in [0, 0.1) is 0 Å². The van der Waals surface area contributed by atoms with Gasteiger partial charge in [-0.25, -0.2) is 0 Å². The highest BCUT2D eigenvalue weighted by molar-refractivity contribution is 6.32. The van der Waals surface area contributed by atoms with Crippen molar-refractivity contribution in [3.05, 3.63) is 22.7 Å². The molecule has 18 heavy (non-hydrogen) atoms. The summed E-state index contributed by atoms with van der Waals surface area (Å²) in [6, 6.07) is 3.43. The van der Waals surface area contributed by atoms with Crippen LogP contribution in [0.15, 0.2) is 12.1 Å². The fraction of sp³-hybridized carbons (Fsp3) is 0.538. The zero-order chi connectivity index (χ0) is 13.0. The minimum atomic E-state index is -0.0758. The summed E-state index contributed by atoms with van der Waals surface area (Å²) in [4.78, 5) is 0. The molecule has 0 atom stereocenters. The number of benzene rings is 1. The van der Waals surface area contributed by atoms with Gasteiger partial charge in [-0.15, -0.1) is 0 Å². The number of hydrogen-bond donors (Lipinski definition) is 1. The van der Waals surface area contributed by atoms with Crippen LogP contribution < -0.4 is 9.47 Å². The second kappa shape index (κ2) is 6.27. The SMILES string of the molecule is COc1cc(CO)cc(Cl)c1OC1CCOCC1. The van der Waals surface area contributed by atoms with Crippen molar-refractivity contribution in [2.24, 2.45) is 0 Å². The molecule has 100 valence electrons. The van der Waals surface area contributed by atoms with E-state index in [1.54, 1.807) is 19.2 Å². The van der Waals surface area contributed by atoms with E-state index in [1.807, 2.05) is 0 Å². The molecule has 1 aromatic rings. The molecule has 1 aliphatic rings. The monoisotopic (exact) mass is 272 g/mol. The molecule has 0 saturated carbocycles. The summed E-state index contributed by atoms with van der Waals surface area (Å²) in [6.07, 6.45) is 1.80. The second-order valence-corrected chi connectivity index (χ2v) is 4.60. The molecule has 4 nitrogen and oxygen atoms in total. The van der Waals surface area contributed by atoms with Gasteiger partial charge in [-0.05, 0) is 17.7 Å². The molecule has 0 spiro atoms. The number of aliphatic hydroxyl groups is 1. The van der Waals surface area contributed by atoms with Crippen molar-refractivity contribution in [2.45, 2.75) is 25.6 Å². The third-order valence-corrected chi connectivity index (χ3v) is 3.21. The van der Waals surface area contributed by atoms with E-state index in [2.05, 4.69) is 0 Å². The Morgan fingerprint density at radius 2 is 2.11 bits per heavy atom. The first-order valence-electron chi connectivity index (χ1n) is 5.96. The molecule has 0 radical (unpaired) electrons. The Balaban J connectivity index is 2.19. The highest BCUT2D eigenvalue weighted by atomic mass is 35.5. The highest BCUT2D eigenvalue weighted by Crippen LogP contribution is 2.37. The Hall–Kier alpha value is -0.970. The number of rotatable bonds is 4. The van der Waals surface area contributed by atoms with Gasteiger partial charge in [0.05, 0.1) is 32.0 Å². The molecular formula is C13H17ClO4. The third kappa shape index (κ3) is 3.07. The number of aliphatic hydroxyl groups excluding tert-OH is 1. The van der Waals surface area contributed by atoms with Gasteiger partial charge in [0.2, 0.25) is 0 Å².